The van der Waals surface area contributed by atoms with Crippen LogP contribution >= 0.6 is 0 Å². The highest BCUT2D eigenvalue weighted by molar-refractivity contribution is 6.52. The standard InChI is InChI=1S/C3H5B2/c4-1-3-2-5-3/h3H,1-2H2. The Kier molecular flexibility index (Phi) is 0.716. The van der Waals surface area contributed by atoms with Gasteiger partial charge >= 0.3 is 0 Å². The van der Waals surface area contributed by atoms with Crippen LogP contribution < -0.4 is 0 Å². The van der Waals surface area contributed by atoms with E-state index in [2.05, 4.69) is 7.28 Å². The summed E-state index contributed by atoms with van der Waals surface area (Å²) in [6.45, 7) is 0. The molecular formula is C3H5B2. The van der Waals surface area contributed by atoms with Gasteiger partial charge in [-0.2, -0.15) is 0 Å². The van der Waals surface area contributed by atoms with Gasteiger partial charge in [-0.25, -0.2) is 0 Å². The maximum absolute atomic E-state index is 5.20. The van der Waals surface area contributed by atoms with Gasteiger partial charge in [0.25, 0.3) is 0 Å². The van der Waals surface area contributed by atoms with Crippen LogP contribution in [0.15, 0.2) is 0 Å². The van der Waals surface area contributed by atoms with Crippen LogP contribution in [0.3, 0.4) is 0 Å². The van der Waals surface area contributed by atoms with E-state index in [1.54, 1.807) is 0 Å². The summed E-state index contributed by atoms with van der Waals surface area (Å²) in [5, 5.41) is 0. The monoisotopic (exact) mass is 63.1 g/mol. The van der Waals surface area contributed by atoms with Gasteiger partial charge in [-0.1, -0.05) is 18.5 Å². The van der Waals surface area contributed by atoms with Crippen LogP contribution in [0.1, 0.15) is 0 Å². The Bertz CT molecular complexity index is 31.9. The number of rotatable bonds is 1. The molecule has 0 aromatic carbocycles. The zero-order valence-corrected chi connectivity index (χ0v) is 3.15. The van der Waals surface area contributed by atoms with Gasteiger partial charge in [0, 0.05) is 0 Å². The zero-order valence-electron chi connectivity index (χ0n) is 3.15. The van der Waals surface area contributed by atoms with Crippen LogP contribution in [-0.2, 0) is 0 Å². The number of hydrogen-bond donors (Lipinski definition) is 0. The second kappa shape index (κ2) is 1.08. The Labute approximate surface area is 34.6 Å². The van der Waals surface area contributed by atoms with E-state index in [1.807, 2.05) is 0 Å². The van der Waals surface area contributed by atoms with Crippen molar-refractivity contribution < 1.29 is 0 Å². The Morgan fingerprint density at radius 3 is 2.60 bits per heavy atom. The molecule has 0 aromatic rings. The predicted molar refractivity (Wildman–Crippen MR) is 24.9 cm³/mol. The largest absolute Gasteiger partial charge is 0.111 e. The highest BCUT2D eigenvalue weighted by atomic mass is 14.0. The van der Waals surface area contributed by atoms with Gasteiger partial charge in [0.2, 0.25) is 0 Å². The van der Waals surface area contributed by atoms with Gasteiger partial charge in [0.15, 0.2) is 0 Å². The fourth-order valence-corrected chi connectivity index (χ4v) is 0.289. The van der Waals surface area contributed by atoms with Crippen molar-refractivity contribution in [2.75, 3.05) is 0 Å². The third kappa shape index (κ3) is 0.712. The second-order valence-corrected chi connectivity index (χ2v) is 1.47. The van der Waals surface area contributed by atoms with Crippen molar-refractivity contribution in [2.45, 2.75) is 18.5 Å². The van der Waals surface area contributed by atoms with Crippen molar-refractivity contribution in [2.24, 2.45) is 0 Å². The summed E-state index contributed by atoms with van der Waals surface area (Å²) in [6.07, 6.45) is 2.12. The molecule has 1 aliphatic heterocycles. The van der Waals surface area contributed by atoms with E-state index in [0.717, 1.165) is 12.1 Å². The van der Waals surface area contributed by atoms with Crippen molar-refractivity contribution in [1.29, 1.82) is 0 Å². The smallest absolute Gasteiger partial charge is 0.0935 e. The van der Waals surface area contributed by atoms with E-state index in [0.29, 0.717) is 0 Å². The molecule has 1 aliphatic rings. The van der Waals surface area contributed by atoms with Gasteiger partial charge in [0.1, 0.15) is 7.28 Å². The molecule has 1 saturated heterocycles. The predicted octanol–water partition coefficient (Wildman–Crippen LogP) is 0.498. The first-order valence-corrected chi connectivity index (χ1v) is 1.97. The van der Waals surface area contributed by atoms with E-state index < -0.39 is 0 Å². The second-order valence-electron chi connectivity index (χ2n) is 1.47. The summed E-state index contributed by atoms with van der Waals surface area (Å²) in [6, 6.07) is 0. The summed E-state index contributed by atoms with van der Waals surface area (Å²) in [5.41, 5.74) is 0. The van der Waals surface area contributed by atoms with E-state index in [4.69, 9.17) is 7.85 Å². The molecule has 1 heterocycles. The Hall–Kier alpha value is 0.130. The summed E-state index contributed by atoms with van der Waals surface area (Å²) >= 11 is 0. The highest BCUT2D eigenvalue weighted by Gasteiger charge is 2.18. The lowest BCUT2D eigenvalue weighted by Gasteiger charge is -1.73. The minimum atomic E-state index is 0.787. The van der Waals surface area contributed by atoms with Gasteiger partial charge in [-0.05, 0) is 0 Å². The maximum Gasteiger partial charge on any atom is 0.111 e. The van der Waals surface area contributed by atoms with Crippen molar-refractivity contribution in [3.05, 3.63) is 0 Å². The Morgan fingerprint density at radius 2 is 2.60 bits per heavy atom. The third-order valence-corrected chi connectivity index (χ3v) is 0.872. The molecule has 1 unspecified atom stereocenters. The van der Waals surface area contributed by atoms with Crippen molar-refractivity contribution in [1.82, 2.24) is 0 Å². The molecule has 0 bridgehead atoms. The van der Waals surface area contributed by atoms with Gasteiger partial charge in [-0.3, -0.25) is 0 Å². The average molecular weight is 62.7 g/mol. The average Bonchev–Trinajstić information content (AvgIpc) is 2.12. The molecule has 1 fully saturated rings. The maximum atomic E-state index is 5.20. The third-order valence-electron chi connectivity index (χ3n) is 0.872. The van der Waals surface area contributed by atoms with Crippen LogP contribution in [0, 0.1) is 0 Å². The normalized spacial score (nSPS) is 32.4. The number of hydrogen-bond acceptors (Lipinski definition) is 0. The fourth-order valence-electron chi connectivity index (χ4n) is 0.289. The Balaban J connectivity index is 2.00. The van der Waals surface area contributed by atoms with Crippen molar-refractivity contribution in [3.8, 4) is 0 Å². The highest BCUT2D eigenvalue weighted by Crippen LogP contribution is 2.29. The molecule has 1 atom stereocenters. The van der Waals surface area contributed by atoms with Gasteiger partial charge < -0.3 is 0 Å². The lowest BCUT2D eigenvalue weighted by molar-refractivity contribution is 1.21. The molecule has 2 heteroatoms. The Morgan fingerprint density at radius 1 is 2.00 bits per heavy atom. The molecule has 0 aliphatic carbocycles. The van der Waals surface area contributed by atoms with Crippen LogP contribution in [-0.4, -0.2) is 15.1 Å². The first kappa shape index (κ1) is 3.32. The van der Waals surface area contributed by atoms with E-state index in [9.17, 15) is 0 Å². The molecule has 1 rings (SSSR count). The quantitative estimate of drug-likeness (QED) is 0.388. The first-order chi connectivity index (χ1) is 2.43. The van der Waals surface area contributed by atoms with Crippen molar-refractivity contribution >= 4 is 15.1 Å². The molecule has 0 saturated carbocycles. The van der Waals surface area contributed by atoms with Crippen LogP contribution in [0.5, 0.6) is 0 Å². The molecule has 0 N–H and O–H groups in total. The molecule has 0 spiro atoms. The van der Waals surface area contributed by atoms with E-state index in [-0.39, 0.29) is 0 Å². The van der Waals surface area contributed by atoms with E-state index >= 15 is 0 Å². The summed E-state index contributed by atoms with van der Waals surface area (Å²) < 4.78 is 0. The topological polar surface area (TPSA) is 0 Å². The van der Waals surface area contributed by atoms with Crippen LogP contribution in [0.2, 0.25) is 18.5 Å². The van der Waals surface area contributed by atoms with Crippen LogP contribution in [0.25, 0.3) is 0 Å². The summed E-state index contributed by atoms with van der Waals surface area (Å²) in [5.74, 6) is 0.787. The molecule has 5 heavy (non-hydrogen) atoms. The summed E-state index contributed by atoms with van der Waals surface area (Å²) in [4.78, 5) is 0. The zero-order chi connectivity index (χ0) is 3.70. The molecule has 0 amide bonds. The van der Waals surface area contributed by atoms with Gasteiger partial charge in [0.05, 0.1) is 7.85 Å². The molecular weight excluding hydrogens is 57.7 g/mol. The lowest BCUT2D eigenvalue weighted by atomic mass is 9.90. The molecule has 0 nitrogen and oxygen atoms in total. The minimum absolute atomic E-state index is 0.787. The van der Waals surface area contributed by atoms with Crippen molar-refractivity contribution in [3.63, 3.8) is 0 Å². The lowest BCUT2D eigenvalue weighted by Crippen LogP contribution is -1.61. The SMILES string of the molecule is [B]CC1[B]C1. The first-order valence-electron chi connectivity index (χ1n) is 1.97. The summed E-state index contributed by atoms with van der Waals surface area (Å²) in [7, 11) is 7.42. The molecule has 3 radical (unpaired) electrons. The van der Waals surface area contributed by atoms with E-state index in [1.165, 1.54) is 6.32 Å². The fraction of sp³-hybridized carbons (Fsp3) is 1.00. The van der Waals surface area contributed by atoms with Gasteiger partial charge in [-0.15, -0.1) is 0 Å². The minimum Gasteiger partial charge on any atom is -0.0935 e. The molecule has 0 aromatic heterocycles. The van der Waals surface area contributed by atoms with Crippen LogP contribution in [0.4, 0.5) is 0 Å². The molecule has 23 valence electrons.